The van der Waals surface area contributed by atoms with Gasteiger partial charge in [-0.1, -0.05) is 25.7 Å². The molecule has 0 radical (unpaired) electrons. The third kappa shape index (κ3) is 4.97. The number of nitrogens with one attached hydrogen (secondary N) is 1. The second-order valence-electron chi connectivity index (χ2n) is 6.20. The Hall–Kier alpha value is -0.0800. The normalized spacial score (nSPS) is 23.5. The maximum absolute atomic E-state index is 5.73. The molecule has 2 aliphatic carbocycles. The summed E-state index contributed by atoms with van der Waals surface area (Å²) < 4.78 is 5.73. The summed E-state index contributed by atoms with van der Waals surface area (Å²) in [5, 5.41) is 3.72. The van der Waals surface area contributed by atoms with Crippen molar-refractivity contribution >= 4 is 0 Å². The predicted molar refractivity (Wildman–Crippen MR) is 72.2 cm³/mol. The first-order valence-electron chi connectivity index (χ1n) is 7.60. The highest BCUT2D eigenvalue weighted by atomic mass is 16.5. The average Bonchev–Trinajstić information content (AvgIpc) is 2.95. The topological polar surface area (TPSA) is 21.3 Å². The fourth-order valence-electron chi connectivity index (χ4n) is 2.99. The Labute approximate surface area is 107 Å². The molecule has 17 heavy (non-hydrogen) atoms. The maximum Gasteiger partial charge on any atom is 0.0518 e. The highest BCUT2D eigenvalue weighted by Gasteiger charge is 2.27. The van der Waals surface area contributed by atoms with E-state index < -0.39 is 0 Å². The molecule has 0 amide bonds. The zero-order valence-electron chi connectivity index (χ0n) is 11.6. The van der Waals surface area contributed by atoms with E-state index in [2.05, 4.69) is 19.2 Å². The minimum Gasteiger partial charge on any atom is -0.379 e. The van der Waals surface area contributed by atoms with E-state index in [1.165, 1.54) is 51.5 Å². The third-order valence-electron chi connectivity index (χ3n) is 4.25. The van der Waals surface area contributed by atoms with Crippen LogP contribution in [0, 0.1) is 11.8 Å². The third-order valence-corrected chi connectivity index (χ3v) is 4.25. The van der Waals surface area contributed by atoms with Crippen LogP contribution in [0.3, 0.4) is 0 Å². The number of rotatable bonds is 8. The number of hydrogen-bond donors (Lipinski definition) is 1. The lowest BCUT2D eigenvalue weighted by Crippen LogP contribution is -2.30. The van der Waals surface area contributed by atoms with Crippen molar-refractivity contribution in [1.82, 2.24) is 5.32 Å². The Kier molecular flexibility index (Phi) is 5.30. The van der Waals surface area contributed by atoms with Crippen LogP contribution in [0.1, 0.15) is 58.8 Å². The molecule has 2 fully saturated rings. The van der Waals surface area contributed by atoms with Crippen molar-refractivity contribution in [2.75, 3.05) is 13.2 Å². The van der Waals surface area contributed by atoms with Crippen molar-refractivity contribution in [3.63, 3.8) is 0 Å². The van der Waals surface area contributed by atoms with Crippen molar-refractivity contribution in [2.45, 2.75) is 70.9 Å². The molecule has 0 spiro atoms. The molecule has 0 aliphatic heterocycles. The van der Waals surface area contributed by atoms with Crippen LogP contribution in [-0.2, 0) is 4.74 Å². The summed E-state index contributed by atoms with van der Waals surface area (Å²) in [5.74, 6) is 1.83. The van der Waals surface area contributed by atoms with Gasteiger partial charge < -0.3 is 10.1 Å². The first kappa shape index (κ1) is 13.4. The summed E-state index contributed by atoms with van der Waals surface area (Å²) >= 11 is 0. The van der Waals surface area contributed by atoms with Gasteiger partial charge >= 0.3 is 0 Å². The van der Waals surface area contributed by atoms with Crippen LogP contribution in [-0.4, -0.2) is 25.3 Å². The highest BCUT2D eigenvalue weighted by molar-refractivity contribution is 4.84. The monoisotopic (exact) mass is 239 g/mol. The Morgan fingerprint density at radius 3 is 2.41 bits per heavy atom. The largest absolute Gasteiger partial charge is 0.379 e. The summed E-state index contributed by atoms with van der Waals surface area (Å²) in [6.45, 7) is 6.45. The lowest BCUT2D eigenvalue weighted by molar-refractivity contribution is 0.0623. The second-order valence-corrected chi connectivity index (χ2v) is 6.20. The van der Waals surface area contributed by atoms with Crippen LogP contribution in [0.25, 0.3) is 0 Å². The molecule has 0 heterocycles. The quantitative estimate of drug-likeness (QED) is 0.701. The van der Waals surface area contributed by atoms with Gasteiger partial charge in [0, 0.05) is 12.6 Å². The summed E-state index contributed by atoms with van der Waals surface area (Å²) in [4.78, 5) is 0. The Balaban J connectivity index is 1.69. The zero-order chi connectivity index (χ0) is 12.1. The molecule has 0 aromatic carbocycles. The van der Waals surface area contributed by atoms with Crippen molar-refractivity contribution < 1.29 is 4.74 Å². The molecule has 2 saturated carbocycles. The Morgan fingerprint density at radius 1 is 1.12 bits per heavy atom. The molecule has 0 aromatic rings. The van der Waals surface area contributed by atoms with Crippen molar-refractivity contribution in [3.8, 4) is 0 Å². The summed E-state index contributed by atoms with van der Waals surface area (Å²) in [6.07, 6.45) is 10.3. The van der Waals surface area contributed by atoms with Crippen molar-refractivity contribution in [3.05, 3.63) is 0 Å². The smallest absolute Gasteiger partial charge is 0.0518 e. The van der Waals surface area contributed by atoms with Gasteiger partial charge in [-0.3, -0.25) is 0 Å². The van der Waals surface area contributed by atoms with Crippen molar-refractivity contribution in [1.29, 1.82) is 0 Å². The van der Waals surface area contributed by atoms with E-state index in [0.29, 0.717) is 6.10 Å². The molecule has 0 aromatic heterocycles. The van der Waals surface area contributed by atoms with Crippen LogP contribution < -0.4 is 5.32 Å². The van der Waals surface area contributed by atoms with Gasteiger partial charge in [-0.15, -0.1) is 0 Å². The molecule has 100 valence electrons. The van der Waals surface area contributed by atoms with Gasteiger partial charge in [0.1, 0.15) is 0 Å². The van der Waals surface area contributed by atoms with Gasteiger partial charge in [0.2, 0.25) is 0 Å². The van der Waals surface area contributed by atoms with Crippen molar-refractivity contribution in [2.24, 2.45) is 11.8 Å². The van der Waals surface area contributed by atoms with Crippen LogP contribution in [0.5, 0.6) is 0 Å². The predicted octanol–water partition coefficient (Wildman–Crippen LogP) is 3.36. The molecule has 0 saturated heterocycles. The first-order valence-corrected chi connectivity index (χ1v) is 7.60. The van der Waals surface area contributed by atoms with E-state index >= 15 is 0 Å². The fraction of sp³-hybridized carbons (Fsp3) is 1.00. The SMILES string of the molecule is CC(C)OCCC(CNC1CC1)C1CCCC1. The van der Waals surface area contributed by atoms with Gasteiger partial charge in [-0.05, 0) is 51.5 Å². The van der Waals surface area contributed by atoms with E-state index in [-0.39, 0.29) is 0 Å². The van der Waals surface area contributed by atoms with Gasteiger partial charge in [-0.2, -0.15) is 0 Å². The van der Waals surface area contributed by atoms with E-state index in [0.717, 1.165) is 24.5 Å². The van der Waals surface area contributed by atoms with E-state index in [9.17, 15) is 0 Å². The average molecular weight is 239 g/mol. The Morgan fingerprint density at radius 2 is 1.82 bits per heavy atom. The zero-order valence-corrected chi connectivity index (χ0v) is 11.6. The summed E-state index contributed by atoms with van der Waals surface area (Å²) in [6, 6.07) is 0.852. The van der Waals surface area contributed by atoms with E-state index in [1.807, 2.05) is 0 Å². The standard InChI is InChI=1S/C15H29NO/c1-12(2)17-10-9-14(11-16-15-7-8-15)13-5-3-4-6-13/h12-16H,3-11H2,1-2H3. The van der Waals surface area contributed by atoms with E-state index in [4.69, 9.17) is 4.74 Å². The van der Waals surface area contributed by atoms with Crippen LogP contribution >= 0.6 is 0 Å². The molecule has 2 aliphatic rings. The summed E-state index contributed by atoms with van der Waals surface area (Å²) in [7, 11) is 0. The molecule has 1 unspecified atom stereocenters. The van der Waals surface area contributed by atoms with E-state index in [1.54, 1.807) is 0 Å². The minimum absolute atomic E-state index is 0.385. The molecule has 2 rings (SSSR count). The highest BCUT2D eigenvalue weighted by Crippen LogP contribution is 2.33. The number of ether oxygens (including phenoxy) is 1. The van der Waals surface area contributed by atoms with Crippen LogP contribution in [0.15, 0.2) is 0 Å². The molecule has 1 N–H and O–H groups in total. The number of hydrogen-bond acceptors (Lipinski definition) is 2. The first-order chi connectivity index (χ1) is 8.25. The lowest BCUT2D eigenvalue weighted by Gasteiger charge is -2.24. The van der Waals surface area contributed by atoms with Crippen LogP contribution in [0.4, 0.5) is 0 Å². The molecule has 0 bridgehead atoms. The molecule has 2 heteroatoms. The molecule has 1 atom stereocenters. The van der Waals surface area contributed by atoms with Gasteiger partial charge in [-0.25, -0.2) is 0 Å². The van der Waals surface area contributed by atoms with Gasteiger partial charge in [0.25, 0.3) is 0 Å². The second kappa shape index (κ2) is 6.75. The minimum atomic E-state index is 0.385. The lowest BCUT2D eigenvalue weighted by atomic mass is 9.88. The summed E-state index contributed by atoms with van der Waals surface area (Å²) in [5.41, 5.74) is 0. The molecular weight excluding hydrogens is 210 g/mol. The maximum atomic E-state index is 5.73. The molecule has 2 nitrogen and oxygen atoms in total. The Bertz CT molecular complexity index is 207. The van der Waals surface area contributed by atoms with Crippen LogP contribution in [0.2, 0.25) is 0 Å². The molecular formula is C15H29NO. The van der Waals surface area contributed by atoms with Gasteiger partial charge in [0.15, 0.2) is 0 Å². The van der Waals surface area contributed by atoms with Gasteiger partial charge in [0.05, 0.1) is 6.10 Å². The fourth-order valence-corrected chi connectivity index (χ4v) is 2.99.